The molecule has 0 aromatic rings. The number of aliphatic carboxylic acids is 1. The van der Waals surface area contributed by atoms with Crippen LogP contribution in [0.25, 0.3) is 0 Å². The van der Waals surface area contributed by atoms with Gasteiger partial charge < -0.3 is 35.4 Å². The molecule has 1 heterocycles. The average Bonchev–Trinajstić information content (AvgIpc) is 2.54. The number of carboxylic acids is 1. The number of hydrogen-bond donors (Lipinski definition) is 6. The Labute approximate surface area is 153 Å². The zero-order valence-electron chi connectivity index (χ0n) is 14.9. The SMILES string of the molecule is CC(=O)N(C(C)=O)[C@H]1[C@H]([C@H](O)[C@](O)(CO)C(C)=O)OC(O)(C(=O)O)C[C@@H]1O. The molecule has 12 nitrogen and oxygen atoms in total. The highest BCUT2D eigenvalue weighted by molar-refractivity contribution is 5.93. The normalized spacial score (nSPS) is 31.5. The average molecular weight is 393 g/mol. The van der Waals surface area contributed by atoms with Crippen LogP contribution in [0.4, 0.5) is 0 Å². The van der Waals surface area contributed by atoms with E-state index in [1.807, 2.05) is 0 Å². The second-order valence-electron chi connectivity index (χ2n) is 6.43. The minimum absolute atomic E-state index is 0.442. The summed E-state index contributed by atoms with van der Waals surface area (Å²) in [5.74, 6) is -7.97. The van der Waals surface area contributed by atoms with E-state index in [0.717, 1.165) is 20.8 Å². The number of hydrogen-bond acceptors (Lipinski definition) is 10. The second kappa shape index (κ2) is 7.96. The van der Waals surface area contributed by atoms with E-state index in [-0.39, 0.29) is 0 Å². The van der Waals surface area contributed by atoms with Crippen LogP contribution < -0.4 is 0 Å². The third kappa shape index (κ3) is 4.15. The number of Topliss-reactive ketones (excluding diaryl/α,β-unsaturated/α-hetero) is 1. The molecule has 6 N–H and O–H groups in total. The molecule has 27 heavy (non-hydrogen) atoms. The molecule has 1 unspecified atom stereocenters. The van der Waals surface area contributed by atoms with E-state index in [4.69, 9.17) is 9.84 Å². The van der Waals surface area contributed by atoms with Gasteiger partial charge in [-0.2, -0.15) is 0 Å². The van der Waals surface area contributed by atoms with Gasteiger partial charge in [0.2, 0.25) is 11.8 Å². The van der Waals surface area contributed by atoms with Crippen LogP contribution in [0.3, 0.4) is 0 Å². The minimum atomic E-state index is -3.05. The van der Waals surface area contributed by atoms with Gasteiger partial charge in [0.05, 0.1) is 18.8 Å². The largest absolute Gasteiger partial charge is 0.477 e. The van der Waals surface area contributed by atoms with E-state index in [0.29, 0.717) is 4.90 Å². The van der Waals surface area contributed by atoms with Crippen molar-refractivity contribution in [1.29, 1.82) is 0 Å². The third-order valence-corrected chi connectivity index (χ3v) is 4.51. The van der Waals surface area contributed by atoms with Crippen LogP contribution in [-0.2, 0) is 23.9 Å². The van der Waals surface area contributed by atoms with Crippen molar-refractivity contribution in [2.75, 3.05) is 6.61 Å². The summed E-state index contributed by atoms with van der Waals surface area (Å²) in [5.41, 5.74) is -2.88. The molecular weight excluding hydrogens is 370 g/mol. The first-order valence-electron chi connectivity index (χ1n) is 7.87. The summed E-state index contributed by atoms with van der Waals surface area (Å²) >= 11 is 0. The Morgan fingerprint density at radius 1 is 1.22 bits per heavy atom. The smallest absolute Gasteiger partial charge is 0.364 e. The summed E-state index contributed by atoms with van der Waals surface area (Å²) in [6.45, 7) is 1.38. The monoisotopic (exact) mass is 393 g/mol. The molecule has 0 bridgehead atoms. The van der Waals surface area contributed by atoms with Gasteiger partial charge in [-0.15, -0.1) is 0 Å². The molecule has 1 saturated heterocycles. The summed E-state index contributed by atoms with van der Waals surface area (Å²) in [4.78, 5) is 47.1. The van der Waals surface area contributed by atoms with Gasteiger partial charge in [-0.3, -0.25) is 19.3 Å². The maximum Gasteiger partial charge on any atom is 0.364 e. The number of carboxylic acid groups (broad SMARTS) is 1. The van der Waals surface area contributed by atoms with Crippen LogP contribution in [0.2, 0.25) is 0 Å². The number of ketones is 1. The summed E-state index contributed by atoms with van der Waals surface area (Å²) < 4.78 is 4.94. The molecule has 1 aliphatic heterocycles. The first-order chi connectivity index (χ1) is 12.2. The molecule has 2 amide bonds. The van der Waals surface area contributed by atoms with Crippen molar-refractivity contribution < 1.29 is 54.6 Å². The summed E-state index contributed by atoms with van der Waals surface area (Å²) in [7, 11) is 0. The number of nitrogens with zero attached hydrogens (tertiary/aromatic N) is 1. The summed E-state index contributed by atoms with van der Waals surface area (Å²) in [6.07, 6.45) is -7.41. The molecule has 0 aromatic heterocycles. The van der Waals surface area contributed by atoms with Crippen molar-refractivity contribution in [2.24, 2.45) is 0 Å². The molecule has 0 saturated carbocycles. The van der Waals surface area contributed by atoms with Crippen LogP contribution in [0.1, 0.15) is 27.2 Å². The lowest BCUT2D eigenvalue weighted by Crippen LogP contribution is -2.71. The number of aliphatic hydroxyl groups is 5. The standard InChI is InChI=1S/C15H23NO11/c1-6(18)14(25,5-17)12(22)11-10(16(7(2)19)8(3)20)9(21)4-15(26,27-11)13(23)24/h9-12,17,21-22,25-26H,4-5H2,1-3H3,(H,23,24)/t9-,10+,11+,12-,14-,15?/m0/s1. The predicted molar refractivity (Wildman–Crippen MR) is 83.8 cm³/mol. The lowest BCUT2D eigenvalue weighted by atomic mass is 9.81. The van der Waals surface area contributed by atoms with Gasteiger partial charge in [0.1, 0.15) is 12.2 Å². The van der Waals surface area contributed by atoms with E-state index < -0.39 is 72.3 Å². The number of rotatable bonds is 6. The van der Waals surface area contributed by atoms with E-state index in [1.54, 1.807) is 0 Å². The third-order valence-electron chi connectivity index (χ3n) is 4.51. The van der Waals surface area contributed by atoms with Crippen LogP contribution in [0.5, 0.6) is 0 Å². The summed E-state index contributed by atoms with van der Waals surface area (Å²) in [6, 6.07) is -1.76. The van der Waals surface area contributed by atoms with Gasteiger partial charge in [-0.25, -0.2) is 4.79 Å². The Hall–Kier alpha value is -1.96. The molecule has 0 aliphatic carbocycles. The second-order valence-corrected chi connectivity index (χ2v) is 6.43. The molecule has 1 rings (SSSR count). The topological polar surface area (TPSA) is 202 Å². The number of carbonyl (C=O) groups excluding carboxylic acids is 3. The highest BCUT2D eigenvalue weighted by atomic mass is 16.7. The van der Waals surface area contributed by atoms with E-state index in [1.165, 1.54) is 0 Å². The fraction of sp³-hybridized carbons (Fsp3) is 0.733. The van der Waals surface area contributed by atoms with Crippen LogP contribution in [-0.4, -0.2) is 101 Å². The van der Waals surface area contributed by atoms with Crippen molar-refractivity contribution in [3.8, 4) is 0 Å². The fourth-order valence-electron chi connectivity index (χ4n) is 3.00. The molecule has 0 aromatic carbocycles. The van der Waals surface area contributed by atoms with Gasteiger partial charge in [0.25, 0.3) is 5.79 Å². The molecule has 0 spiro atoms. The lowest BCUT2D eigenvalue weighted by molar-refractivity contribution is -0.306. The van der Waals surface area contributed by atoms with Gasteiger partial charge in [-0.05, 0) is 6.92 Å². The Kier molecular flexibility index (Phi) is 6.80. The Morgan fingerprint density at radius 3 is 2.04 bits per heavy atom. The van der Waals surface area contributed by atoms with Crippen molar-refractivity contribution in [3.63, 3.8) is 0 Å². The van der Waals surface area contributed by atoms with Gasteiger partial charge in [0.15, 0.2) is 11.4 Å². The maximum absolute atomic E-state index is 11.8. The lowest BCUT2D eigenvalue weighted by Gasteiger charge is -2.48. The fourth-order valence-corrected chi connectivity index (χ4v) is 3.00. The molecule has 6 atom stereocenters. The quantitative estimate of drug-likeness (QED) is 0.260. The molecule has 1 aliphatic rings. The van der Waals surface area contributed by atoms with Crippen molar-refractivity contribution in [3.05, 3.63) is 0 Å². The summed E-state index contributed by atoms with van der Waals surface area (Å²) in [5, 5.41) is 59.6. The minimum Gasteiger partial charge on any atom is -0.477 e. The van der Waals surface area contributed by atoms with Crippen molar-refractivity contribution in [2.45, 2.75) is 62.9 Å². The predicted octanol–water partition coefficient (Wildman–Crippen LogP) is -3.65. The first kappa shape index (κ1) is 23.1. The zero-order valence-corrected chi connectivity index (χ0v) is 14.9. The van der Waals surface area contributed by atoms with E-state index >= 15 is 0 Å². The Morgan fingerprint density at radius 2 is 1.70 bits per heavy atom. The molecule has 12 heteroatoms. The van der Waals surface area contributed by atoms with Crippen LogP contribution in [0, 0.1) is 0 Å². The maximum atomic E-state index is 11.8. The highest BCUT2D eigenvalue weighted by Gasteiger charge is 2.59. The van der Waals surface area contributed by atoms with E-state index in [9.17, 15) is 44.7 Å². The molecule has 1 fully saturated rings. The first-order valence-corrected chi connectivity index (χ1v) is 7.87. The van der Waals surface area contributed by atoms with Gasteiger partial charge in [-0.1, -0.05) is 0 Å². The van der Waals surface area contributed by atoms with E-state index in [2.05, 4.69) is 0 Å². The Balaban J connectivity index is 3.55. The van der Waals surface area contributed by atoms with Crippen LogP contribution >= 0.6 is 0 Å². The number of imide groups is 1. The molecular formula is C15H23NO11. The molecule has 0 radical (unpaired) electrons. The number of carbonyl (C=O) groups is 4. The van der Waals surface area contributed by atoms with Gasteiger partial charge in [0, 0.05) is 20.3 Å². The molecule has 154 valence electrons. The van der Waals surface area contributed by atoms with Crippen molar-refractivity contribution in [1.82, 2.24) is 4.90 Å². The number of ether oxygens (including phenoxy) is 1. The van der Waals surface area contributed by atoms with Crippen molar-refractivity contribution >= 4 is 23.6 Å². The number of amides is 2. The number of aliphatic hydroxyl groups excluding tert-OH is 3. The van der Waals surface area contributed by atoms with Gasteiger partial charge >= 0.3 is 5.97 Å². The zero-order chi connectivity index (χ0) is 21.3. The highest BCUT2D eigenvalue weighted by Crippen LogP contribution is 2.35. The Bertz CT molecular complexity index is 623. The van der Waals surface area contributed by atoms with Crippen LogP contribution in [0.15, 0.2) is 0 Å².